The molecule has 2 nitrogen and oxygen atoms in total. The number of nitrogens with zero attached hydrogens (tertiary/aromatic N) is 1. The Hall–Kier alpha value is -2.37. The molecule has 1 aromatic heterocycles. The van der Waals surface area contributed by atoms with Gasteiger partial charge in [0.05, 0.1) is 5.25 Å². The van der Waals surface area contributed by atoms with Crippen molar-refractivity contribution in [2.45, 2.75) is 10.1 Å². The molecule has 6 heteroatoms. The Morgan fingerprint density at radius 1 is 1.15 bits per heavy atom. The number of ether oxygens (including phenoxy) is 1. The maximum absolute atomic E-state index is 14.6. The first kappa shape index (κ1) is 19.4. The van der Waals surface area contributed by atoms with Crippen molar-refractivity contribution in [3.8, 4) is 5.75 Å². The molecule has 0 aliphatic carbocycles. The fraction of sp³-hybridized carbons (Fsp3) is 0.0952. The summed E-state index contributed by atoms with van der Waals surface area (Å²) in [7, 11) is 0. The van der Waals surface area contributed by atoms with Crippen LogP contribution in [-0.4, -0.2) is 11.6 Å². The molecule has 2 aromatic carbocycles. The zero-order valence-corrected chi connectivity index (χ0v) is 15.8. The zero-order chi connectivity index (χ0) is 19.2. The van der Waals surface area contributed by atoms with E-state index in [4.69, 9.17) is 16.3 Å². The quantitative estimate of drug-likeness (QED) is 0.334. The second-order valence-electron chi connectivity index (χ2n) is 5.60. The van der Waals surface area contributed by atoms with Gasteiger partial charge in [-0.1, -0.05) is 24.3 Å². The molecule has 138 valence electrons. The molecule has 0 bridgehead atoms. The van der Waals surface area contributed by atoms with Crippen LogP contribution in [0.2, 0.25) is 5.02 Å². The topological polar surface area (TPSA) is 22.1 Å². The van der Waals surface area contributed by atoms with Crippen LogP contribution in [0.3, 0.4) is 0 Å². The van der Waals surface area contributed by atoms with E-state index in [-0.39, 0.29) is 12.2 Å². The van der Waals surface area contributed by atoms with Crippen LogP contribution >= 0.6 is 23.4 Å². The second kappa shape index (κ2) is 9.02. The van der Waals surface area contributed by atoms with Crippen LogP contribution in [0, 0.1) is 11.6 Å². The first-order valence-electron chi connectivity index (χ1n) is 8.14. The standard InChI is InChI=1S/C21H16ClF2NOS/c1-2-12-26-19-4-3-11-25-20(19)21(17-13-15(23)7-10-18(17)24)27-16-8-5-14(22)6-9-16/h2-11,13,21H,1,12H2. The van der Waals surface area contributed by atoms with Crippen molar-refractivity contribution >= 4 is 23.4 Å². The van der Waals surface area contributed by atoms with E-state index in [0.29, 0.717) is 16.5 Å². The van der Waals surface area contributed by atoms with Gasteiger partial charge < -0.3 is 4.74 Å². The van der Waals surface area contributed by atoms with E-state index in [1.807, 2.05) is 12.1 Å². The number of hydrogen-bond acceptors (Lipinski definition) is 3. The third-order valence-electron chi connectivity index (χ3n) is 3.71. The summed E-state index contributed by atoms with van der Waals surface area (Å²) in [5, 5.41) is -0.0106. The number of hydrogen-bond donors (Lipinski definition) is 0. The molecule has 0 fully saturated rings. The average molecular weight is 404 g/mol. The zero-order valence-electron chi connectivity index (χ0n) is 14.2. The van der Waals surface area contributed by atoms with Crippen LogP contribution in [-0.2, 0) is 0 Å². The maximum Gasteiger partial charge on any atom is 0.142 e. The minimum Gasteiger partial charge on any atom is -0.488 e. The van der Waals surface area contributed by atoms with Gasteiger partial charge in [-0.25, -0.2) is 8.78 Å². The summed E-state index contributed by atoms with van der Waals surface area (Å²) in [6.45, 7) is 3.92. The summed E-state index contributed by atoms with van der Waals surface area (Å²) in [6, 6.07) is 14.0. The van der Waals surface area contributed by atoms with Gasteiger partial charge in [-0.2, -0.15) is 0 Å². The van der Waals surface area contributed by atoms with Gasteiger partial charge in [0.1, 0.15) is 29.7 Å². The van der Waals surface area contributed by atoms with Crippen LogP contribution in [0.5, 0.6) is 5.75 Å². The van der Waals surface area contributed by atoms with E-state index in [1.54, 1.807) is 36.5 Å². The Morgan fingerprint density at radius 2 is 1.93 bits per heavy atom. The van der Waals surface area contributed by atoms with Gasteiger partial charge in [0.2, 0.25) is 0 Å². The highest BCUT2D eigenvalue weighted by Gasteiger charge is 2.25. The molecule has 3 aromatic rings. The molecular weight excluding hydrogens is 388 g/mol. The fourth-order valence-electron chi connectivity index (χ4n) is 2.50. The summed E-state index contributed by atoms with van der Waals surface area (Å²) in [4.78, 5) is 5.24. The Bertz CT molecular complexity index is 934. The van der Waals surface area contributed by atoms with Crippen molar-refractivity contribution in [1.82, 2.24) is 4.98 Å². The minimum atomic E-state index is -0.608. The first-order valence-corrected chi connectivity index (χ1v) is 9.40. The summed E-state index contributed by atoms with van der Waals surface area (Å²) >= 11 is 7.29. The maximum atomic E-state index is 14.6. The highest BCUT2D eigenvalue weighted by atomic mass is 35.5. The average Bonchev–Trinajstić information content (AvgIpc) is 2.68. The Kier molecular flexibility index (Phi) is 6.48. The fourth-order valence-corrected chi connectivity index (χ4v) is 3.79. The summed E-state index contributed by atoms with van der Waals surface area (Å²) in [5.41, 5.74) is 0.695. The molecule has 0 saturated heterocycles. The lowest BCUT2D eigenvalue weighted by atomic mass is 10.1. The van der Waals surface area contributed by atoms with Gasteiger partial charge in [-0.3, -0.25) is 4.98 Å². The van der Waals surface area contributed by atoms with Crippen LogP contribution in [0.15, 0.2) is 78.3 Å². The van der Waals surface area contributed by atoms with Crippen molar-refractivity contribution in [3.63, 3.8) is 0 Å². The SMILES string of the molecule is C=CCOc1cccnc1C(Sc1ccc(Cl)cc1)c1cc(F)ccc1F. The Balaban J connectivity index is 2.08. The third-order valence-corrected chi connectivity index (χ3v) is 5.22. The molecule has 0 aliphatic rings. The van der Waals surface area contributed by atoms with Gasteiger partial charge in [0, 0.05) is 21.7 Å². The molecule has 0 saturated carbocycles. The Morgan fingerprint density at radius 3 is 2.67 bits per heavy atom. The van der Waals surface area contributed by atoms with E-state index in [0.717, 1.165) is 17.0 Å². The molecule has 1 atom stereocenters. The van der Waals surface area contributed by atoms with Crippen LogP contribution < -0.4 is 4.74 Å². The van der Waals surface area contributed by atoms with E-state index in [1.165, 1.54) is 17.8 Å². The van der Waals surface area contributed by atoms with E-state index in [2.05, 4.69) is 11.6 Å². The third kappa shape index (κ3) is 4.87. The van der Waals surface area contributed by atoms with Gasteiger partial charge >= 0.3 is 0 Å². The molecule has 0 radical (unpaired) electrons. The lowest BCUT2D eigenvalue weighted by molar-refractivity contribution is 0.357. The van der Waals surface area contributed by atoms with Crippen molar-refractivity contribution < 1.29 is 13.5 Å². The van der Waals surface area contributed by atoms with Crippen molar-refractivity contribution in [1.29, 1.82) is 0 Å². The summed E-state index contributed by atoms with van der Waals surface area (Å²) < 4.78 is 34.1. The van der Waals surface area contributed by atoms with Crippen LogP contribution in [0.25, 0.3) is 0 Å². The highest BCUT2D eigenvalue weighted by molar-refractivity contribution is 7.99. The largest absolute Gasteiger partial charge is 0.488 e. The van der Waals surface area contributed by atoms with Gasteiger partial charge in [-0.15, -0.1) is 11.8 Å². The molecule has 0 aliphatic heterocycles. The predicted molar refractivity (Wildman–Crippen MR) is 105 cm³/mol. The molecule has 27 heavy (non-hydrogen) atoms. The molecule has 3 rings (SSSR count). The molecule has 0 N–H and O–H groups in total. The summed E-state index contributed by atoms with van der Waals surface area (Å²) in [5.74, 6) is -0.534. The lowest BCUT2D eigenvalue weighted by Gasteiger charge is -2.20. The molecule has 1 heterocycles. The first-order chi connectivity index (χ1) is 13.1. The lowest BCUT2D eigenvalue weighted by Crippen LogP contribution is -2.07. The number of halogens is 3. The van der Waals surface area contributed by atoms with Gasteiger partial charge in [-0.05, 0) is 54.6 Å². The van der Waals surface area contributed by atoms with Gasteiger partial charge in [0.15, 0.2) is 0 Å². The minimum absolute atomic E-state index is 0.192. The number of benzene rings is 2. The van der Waals surface area contributed by atoms with Crippen LogP contribution in [0.4, 0.5) is 8.78 Å². The normalized spacial score (nSPS) is 11.8. The van der Waals surface area contributed by atoms with Gasteiger partial charge in [0.25, 0.3) is 0 Å². The molecule has 1 unspecified atom stereocenters. The van der Waals surface area contributed by atoms with E-state index >= 15 is 0 Å². The highest BCUT2D eigenvalue weighted by Crippen LogP contribution is 2.44. The molecular formula is C21H16ClF2NOS. The van der Waals surface area contributed by atoms with Crippen LogP contribution in [0.1, 0.15) is 16.5 Å². The number of pyridine rings is 1. The Labute approximate surface area is 165 Å². The predicted octanol–water partition coefficient (Wildman–Crippen LogP) is 6.46. The summed E-state index contributed by atoms with van der Waals surface area (Å²) in [6.07, 6.45) is 3.21. The van der Waals surface area contributed by atoms with E-state index < -0.39 is 16.9 Å². The molecule has 0 spiro atoms. The number of rotatable bonds is 7. The van der Waals surface area contributed by atoms with Crippen molar-refractivity contribution in [2.75, 3.05) is 6.61 Å². The van der Waals surface area contributed by atoms with E-state index in [9.17, 15) is 8.78 Å². The van der Waals surface area contributed by atoms with Crippen molar-refractivity contribution in [2.24, 2.45) is 0 Å². The molecule has 0 amide bonds. The second-order valence-corrected chi connectivity index (χ2v) is 7.22. The number of aromatic nitrogens is 1. The van der Waals surface area contributed by atoms with Crippen molar-refractivity contribution in [3.05, 3.63) is 101 Å². The smallest absolute Gasteiger partial charge is 0.142 e. The monoisotopic (exact) mass is 403 g/mol. The number of thioether (sulfide) groups is 1.